The molecule has 0 aliphatic carbocycles. The van der Waals surface area contributed by atoms with Crippen LogP contribution < -0.4 is 10.1 Å². The molecule has 1 aliphatic heterocycles. The van der Waals surface area contributed by atoms with Crippen molar-refractivity contribution in [1.29, 1.82) is 0 Å². The van der Waals surface area contributed by atoms with Crippen molar-refractivity contribution in [1.82, 2.24) is 5.32 Å². The van der Waals surface area contributed by atoms with E-state index in [0.29, 0.717) is 6.04 Å². The third kappa shape index (κ3) is 2.38. The maximum absolute atomic E-state index is 5.67. The Kier molecular flexibility index (Phi) is 3.83. The van der Waals surface area contributed by atoms with E-state index in [2.05, 4.69) is 30.4 Å². The summed E-state index contributed by atoms with van der Waals surface area (Å²) in [4.78, 5) is 0. The number of hydrogen-bond donors (Lipinski definition) is 1. The third-order valence-corrected chi connectivity index (χ3v) is 3.28. The lowest BCUT2D eigenvalue weighted by atomic mass is 9.96. The fourth-order valence-electron chi connectivity index (χ4n) is 2.28. The molecule has 16 heavy (non-hydrogen) atoms. The highest BCUT2D eigenvalue weighted by Crippen LogP contribution is 2.32. The molecule has 2 rings (SSSR count). The van der Waals surface area contributed by atoms with Gasteiger partial charge in [-0.25, -0.2) is 0 Å². The number of benzene rings is 1. The average Bonchev–Trinajstić information content (AvgIpc) is 2.35. The molecule has 0 amide bonds. The van der Waals surface area contributed by atoms with Crippen molar-refractivity contribution in [3.63, 3.8) is 0 Å². The van der Waals surface area contributed by atoms with E-state index in [1.807, 2.05) is 7.05 Å². The number of nitrogens with one attached hydrogen (secondary N) is 1. The lowest BCUT2D eigenvalue weighted by Crippen LogP contribution is -2.24. The summed E-state index contributed by atoms with van der Waals surface area (Å²) >= 11 is 0. The molecule has 0 saturated heterocycles. The molecule has 0 fully saturated rings. The molecule has 0 bridgehead atoms. The van der Waals surface area contributed by atoms with E-state index in [1.165, 1.54) is 30.4 Å². The number of hydrogen-bond acceptors (Lipinski definition) is 2. The fraction of sp³-hybridized carbons (Fsp3) is 0.571. The minimum atomic E-state index is 0.463. The van der Waals surface area contributed by atoms with Gasteiger partial charge in [0.1, 0.15) is 5.75 Å². The second kappa shape index (κ2) is 5.35. The van der Waals surface area contributed by atoms with Crippen LogP contribution in [0.1, 0.15) is 43.4 Å². The monoisotopic (exact) mass is 219 g/mol. The van der Waals surface area contributed by atoms with Crippen molar-refractivity contribution in [2.75, 3.05) is 13.7 Å². The first kappa shape index (κ1) is 11.5. The van der Waals surface area contributed by atoms with Crippen LogP contribution in [-0.2, 0) is 6.42 Å². The van der Waals surface area contributed by atoms with Crippen molar-refractivity contribution < 1.29 is 4.74 Å². The SMILES string of the molecule is CCCCc1ccc2c(c1)C(NC)CCO2. The normalized spacial score (nSPS) is 19.0. The quantitative estimate of drug-likeness (QED) is 0.840. The van der Waals surface area contributed by atoms with Gasteiger partial charge in [-0.1, -0.05) is 25.5 Å². The first-order valence-electron chi connectivity index (χ1n) is 6.28. The van der Waals surface area contributed by atoms with Gasteiger partial charge in [0.15, 0.2) is 0 Å². The van der Waals surface area contributed by atoms with Gasteiger partial charge >= 0.3 is 0 Å². The molecule has 0 radical (unpaired) electrons. The number of rotatable bonds is 4. The van der Waals surface area contributed by atoms with Crippen molar-refractivity contribution in [2.45, 2.75) is 38.6 Å². The Balaban J connectivity index is 2.20. The highest BCUT2D eigenvalue weighted by molar-refractivity contribution is 5.40. The third-order valence-electron chi connectivity index (χ3n) is 3.28. The van der Waals surface area contributed by atoms with Gasteiger partial charge in [0.05, 0.1) is 6.61 Å². The van der Waals surface area contributed by atoms with Crippen LogP contribution in [0.2, 0.25) is 0 Å². The van der Waals surface area contributed by atoms with Crippen molar-refractivity contribution in [2.24, 2.45) is 0 Å². The van der Waals surface area contributed by atoms with Gasteiger partial charge in [0.2, 0.25) is 0 Å². The zero-order valence-electron chi connectivity index (χ0n) is 10.3. The molecule has 1 N–H and O–H groups in total. The van der Waals surface area contributed by atoms with Crippen LogP contribution in [0.4, 0.5) is 0 Å². The number of ether oxygens (including phenoxy) is 1. The summed E-state index contributed by atoms with van der Waals surface area (Å²) < 4.78 is 5.67. The van der Waals surface area contributed by atoms with Gasteiger partial charge in [-0.15, -0.1) is 0 Å². The van der Waals surface area contributed by atoms with E-state index in [9.17, 15) is 0 Å². The van der Waals surface area contributed by atoms with Crippen molar-refractivity contribution >= 4 is 0 Å². The molecule has 1 aromatic rings. The van der Waals surface area contributed by atoms with Crippen LogP contribution in [0.3, 0.4) is 0 Å². The predicted molar refractivity (Wildman–Crippen MR) is 67.0 cm³/mol. The van der Waals surface area contributed by atoms with E-state index in [-0.39, 0.29) is 0 Å². The summed E-state index contributed by atoms with van der Waals surface area (Å²) in [5.74, 6) is 1.06. The molecule has 0 saturated carbocycles. The molecule has 1 atom stereocenters. The second-order valence-corrected chi connectivity index (χ2v) is 4.45. The van der Waals surface area contributed by atoms with Crippen LogP contribution in [0.5, 0.6) is 5.75 Å². The van der Waals surface area contributed by atoms with Crippen LogP contribution in [0.25, 0.3) is 0 Å². The molecule has 2 heteroatoms. The highest BCUT2D eigenvalue weighted by atomic mass is 16.5. The Hall–Kier alpha value is -1.02. The molecule has 1 unspecified atom stereocenters. The molecule has 0 spiro atoms. The smallest absolute Gasteiger partial charge is 0.124 e. The molecule has 2 nitrogen and oxygen atoms in total. The standard InChI is InChI=1S/C14H21NO/c1-3-4-5-11-6-7-14-12(10-11)13(15-2)8-9-16-14/h6-7,10,13,15H,3-5,8-9H2,1-2H3. The Morgan fingerprint density at radius 3 is 3.06 bits per heavy atom. The lowest BCUT2D eigenvalue weighted by molar-refractivity contribution is 0.257. The molecular formula is C14H21NO. The molecular weight excluding hydrogens is 198 g/mol. The van der Waals surface area contributed by atoms with Crippen LogP contribution in [0.15, 0.2) is 18.2 Å². The predicted octanol–water partition coefficient (Wildman–Crippen LogP) is 3.07. The van der Waals surface area contributed by atoms with Crippen LogP contribution in [0, 0.1) is 0 Å². The van der Waals surface area contributed by atoms with Crippen molar-refractivity contribution in [3.05, 3.63) is 29.3 Å². The summed E-state index contributed by atoms with van der Waals surface area (Å²) in [7, 11) is 2.03. The summed E-state index contributed by atoms with van der Waals surface area (Å²) in [5.41, 5.74) is 2.77. The first-order valence-corrected chi connectivity index (χ1v) is 6.28. The largest absolute Gasteiger partial charge is 0.493 e. The highest BCUT2D eigenvalue weighted by Gasteiger charge is 2.19. The van der Waals surface area contributed by atoms with Gasteiger partial charge < -0.3 is 10.1 Å². The molecule has 1 aliphatic rings. The van der Waals surface area contributed by atoms with Crippen LogP contribution >= 0.6 is 0 Å². The second-order valence-electron chi connectivity index (χ2n) is 4.45. The Labute approximate surface area is 98.0 Å². The maximum Gasteiger partial charge on any atom is 0.124 e. The number of unbranched alkanes of at least 4 members (excludes halogenated alkanes) is 1. The molecule has 0 aromatic heterocycles. The van der Waals surface area contributed by atoms with E-state index in [1.54, 1.807) is 0 Å². The Morgan fingerprint density at radius 2 is 2.31 bits per heavy atom. The average molecular weight is 219 g/mol. The summed E-state index contributed by atoms with van der Waals surface area (Å²) in [5, 5.41) is 3.36. The summed E-state index contributed by atoms with van der Waals surface area (Å²) in [6, 6.07) is 7.10. The molecule has 1 aromatic carbocycles. The summed E-state index contributed by atoms with van der Waals surface area (Å²) in [6.07, 6.45) is 4.77. The van der Waals surface area contributed by atoms with E-state index in [0.717, 1.165) is 18.8 Å². The first-order chi connectivity index (χ1) is 7.85. The topological polar surface area (TPSA) is 21.3 Å². The van der Waals surface area contributed by atoms with Crippen LogP contribution in [-0.4, -0.2) is 13.7 Å². The van der Waals surface area contributed by atoms with E-state index >= 15 is 0 Å². The van der Waals surface area contributed by atoms with E-state index < -0.39 is 0 Å². The van der Waals surface area contributed by atoms with Gasteiger partial charge in [0.25, 0.3) is 0 Å². The van der Waals surface area contributed by atoms with Gasteiger partial charge in [-0.3, -0.25) is 0 Å². The molecule has 88 valence electrons. The molecule has 1 heterocycles. The zero-order chi connectivity index (χ0) is 11.4. The zero-order valence-corrected chi connectivity index (χ0v) is 10.3. The lowest BCUT2D eigenvalue weighted by Gasteiger charge is -2.26. The minimum absolute atomic E-state index is 0.463. The van der Waals surface area contributed by atoms with Crippen molar-refractivity contribution in [3.8, 4) is 5.75 Å². The van der Waals surface area contributed by atoms with Gasteiger partial charge in [-0.2, -0.15) is 0 Å². The summed E-state index contributed by atoms with van der Waals surface area (Å²) in [6.45, 7) is 3.06. The number of aryl methyl sites for hydroxylation is 1. The Bertz CT molecular complexity index is 349. The number of fused-ring (bicyclic) bond motifs is 1. The van der Waals surface area contributed by atoms with Gasteiger partial charge in [-0.05, 0) is 31.5 Å². The minimum Gasteiger partial charge on any atom is -0.493 e. The van der Waals surface area contributed by atoms with E-state index in [4.69, 9.17) is 4.74 Å². The Morgan fingerprint density at radius 1 is 1.44 bits per heavy atom. The maximum atomic E-state index is 5.67. The van der Waals surface area contributed by atoms with Gasteiger partial charge in [0, 0.05) is 18.0 Å². The fourth-order valence-corrected chi connectivity index (χ4v) is 2.28.